The van der Waals surface area contributed by atoms with Crippen molar-refractivity contribution in [3.05, 3.63) is 54.1 Å². The minimum absolute atomic E-state index is 0.207. The summed E-state index contributed by atoms with van der Waals surface area (Å²) < 4.78 is 40.0. The molecule has 0 saturated heterocycles. The van der Waals surface area contributed by atoms with Gasteiger partial charge < -0.3 is 10.1 Å². The fourth-order valence-electron chi connectivity index (χ4n) is 1.74. The van der Waals surface area contributed by atoms with Gasteiger partial charge in [-0.15, -0.1) is 13.2 Å². The predicted octanol–water partition coefficient (Wildman–Crippen LogP) is 2.87. The van der Waals surface area contributed by atoms with Gasteiger partial charge in [0.15, 0.2) is 0 Å². The van der Waals surface area contributed by atoms with Crippen LogP contribution in [0.5, 0.6) is 5.75 Å². The van der Waals surface area contributed by atoms with Crippen LogP contribution < -0.4 is 10.1 Å². The van der Waals surface area contributed by atoms with Crippen LogP contribution in [-0.2, 0) is 0 Å². The quantitative estimate of drug-likeness (QED) is 0.943. The first kappa shape index (κ1) is 15.7. The number of alkyl halides is 3. The third-order valence-electron chi connectivity index (χ3n) is 2.78. The van der Waals surface area contributed by atoms with Gasteiger partial charge in [0.25, 0.3) is 5.91 Å². The van der Waals surface area contributed by atoms with E-state index in [4.69, 9.17) is 0 Å². The van der Waals surface area contributed by atoms with E-state index in [9.17, 15) is 18.0 Å². The Morgan fingerprint density at radius 2 is 1.91 bits per heavy atom. The SMILES string of the molecule is CC(NC(=O)c1ccncn1)c1ccc(OC(F)(F)F)cc1. The number of nitrogens with zero attached hydrogens (tertiary/aromatic N) is 2. The molecule has 0 saturated carbocycles. The van der Waals surface area contributed by atoms with Crippen molar-refractivity contribution in [2.24, 2.45) is 0 Å². The minimum atomic E-state index is -4.73. The normalized spacial score (nSPS) is 12.5. The summed E-state index contributed by atoms with van der Waals surface area (Å²) >= 11 is 0. The fraction of sp³-hybridized carbons (Fsp3) is 0.214. The summed E-state index contributed by atoms with van der Waals surface area (Å²) in [5.74, 6) is -0.712. The van der Waals surface area contributed by atoms with Crippen molar-refractivity contribution in [1.82, 2.24) is 15.3 Å². The van der Waals surface area contributed by atoms with Gasteiger partial charge in [-0.3, -0.25) is 4.79 Å². The summed E-state index contributed by atoms with van der Waals surface area (Å²) in [5.41, 5.74) is 0.843. The number of aromatic nitrogens is 2. The molecule has 1 atom stereocenters. The Labute approximate surface area is 124 Å². The van der Waals surface area contributed by atoms with E-state index in [0.29, 0.717) is 5.56 Å². The highest BCUT2D eigenvalue weighted by Crippen LogP contribution is 2.24. The maximum absolute atomic E-state index is 12.1. The lowest BCUT2D eigenvalue weighted by Gasteiger charge is -2.15. The van der Waals surface area contributed by atoms with E-state index in [2.05, 4.69) is 20.0 Å². The molecule has 0 fully saturated rings. The number of nitrogens with one attached hydrogen (secondary N) is 1. The predicted molar refractivity (Wildman–Crippen MR) is 71.0 cm³/mol. The van der Waals surface area contributed by atoms with Gasteiger partial charge in [-0.1, -0.05) is 12.1 Å². The van der Waals surface area contributed by atoms with Crippen LogP contribution in [-0.4, -0.2) is 22.2 Å². The van der Waals surface area contributed by atoms with Crippen molar-refractivity contribution in [2.45, 2.75) is 19.3 Å². The Bertz CT molecular complexity index is 630. The third-order valence-corrected chi connectivity index (χ3v) is 2.78. The summed E-state index contributed by atoms with van der Waals surface area (Å²) in [6.07, 6.45) is -2.03. The molecule has 1 amide bonds. The van der Waals surface area contributed by atoms with Gasteiger partial charge in [0.05, 0.1) is 6.04 Å². The molecule has 1 unspecified atom stereocenters. The molecule has 1 aromatic carbocycles. The van der Waals surface area contributed by atoms with Crippen LogP contribution in [0, 0.1) is 0 Å². The average Bonchev–Trinajstić information content (AvgIpc) is 2.47. The summed E-state index contributed by atoms with van der Waals surface area (Å²) in [5, 5.41) is 2.69. The molecule has 5 nitrogen and oxygen atoms in total. The van der Waals surface area contributed by atoms with Crippen molar-refractivity contribution in [3.8, 4) is 5.75 Å². The fourth-order valence-corrected chi connectivity index (χ4v) is 1.74. The van der Waals surface area contributed by atoms with Crippen LogP contribution in [0.15, 0.2) is 42.9 Å². The number of rotatable bonds is 4. The number of carbonyl (C=O) groups excluding carboxylic acids is 1. The Balaban J connectivity index is 2.01. The molecule has 1 heterocycles. The van der Waals surface area contributed by atoms with Gasteiger partial charge in [-0.25, -0.2) is 9.97 Å². The van der Waals surface area contributed by atoms with Crippen molar-refractivity contribution < 1.29 is 22.7 Å². The lowest BCUT2D eigenvalue weighted by Crippen LogP contribution is -2.27. The van der Waals surface area contributed by atoms with E-state index in [0.717, 1.165) is 0 Å². The topological polar surface area (TPSA) is 64.1 Å². The molecule has 0 aliphatic rings. The minimum Gasteiger partial charge on any atom is -0.406 e. The largest absolute Gasteiger partial charge is 0.573 e. The Kier molecular flexibility index (Phi) is 4.59. The van der Waals surface area contributed by atoms with Crippen LogP contribution >= 0.6 is 0 Å². The molecular weight excluding hydrogens is 299 g/mol. The van der Waals surface area contributed by atoms with Gasteiger partial charge in [0, 0.05) is 6.20 Å². The average molecular weight is 311 g/mol. The molecule has 1 aromatic heterocycles. The monoisotopic (exact) mass is 311 g/mol. The maximum Gasteiger partial charge on any atom is 0.573 e. The van der Waals surface area contributed by atoms with Crippen molar-refractivity contribution in [3.63, 3.8) is 0 Å². The second-order valence-electron chi connectivity index (χ2n) is 4.41. The van der Waals surface area contributed by atoms with E-state index < -0.39 is 18.3 Å². The number of hydrogen-bond acceptors (Lipinski definition) is 4. The molecule has 0 spiro atoms. The van der Waals surface area contributed by atoms with Crippen molar-refractivity contribution in [1.29, 1.82) is 0 Å². The Morgan fingerprint density at radius 1 is 1.23 bits per heavy atom. The molecule has 8 heteroatoms. The highest BCUT2D eigenvalue weighted by molar-refractivity contribution is 5.92. The van der Waals surface area contributed by atoms with Gasteiger partial charge in [0.2, 0.25) is 0 Å². The van der Waals surface area contributed by atoms with Crippen LogP contribution in [0.1, 0.15) is 29.0 Å². The maximum atomic E-state index is 12.1. The molecule has 0 bridgehead atoms. The van der Waals surface area contributed by atoms with Crippen LogP contribution in [0.25, 0.3) is 0 Å². The van der Waals surface area contributed by atoms with Crippen molar-refractivity contribution in [2.75, 3.05) is 0 Å². The van der Waals surface area contributed by atoms with Crippen LogP contribution in [0.2, 0.25) is 0 Å². The van der Waals surface area contributed by atoms with E-state index in [-0.39, 0.29) is 11.4 Å². The first-order chi connectivity index (χ1) is 10.3. The molecule has 2 aromatic rings. The van der Waals surface area contributed by atoms with Gasteiger partial charge in [-0.2, -0.15) is 0 Å². The molecule has 0 radical (unpaired) electrons. The molecule has 2 rings (SSSR count). The van der Waals surface area contributed by atoms with Gasteiger partial charge in [-0.05, 0) is 30.7 Å². The Hall–Kier alpha value is -2.64. The summed E-state index contributed by atoms with van der Waals surface area (Å²) in [7, 11) is 0. The van der Waals surface area contributed by atoms with E-state index in [1.807, 2.05) is 0 Å². The summed E-state index contributed by atoms with van der Waals surface area (Å²) in [6, 6.07) is 6.34. The zero-order valence-corrected chi connectivity index (χ0v) is 11.5. The molecule has 0 aliphatic carbocycles. The summed E-state index contributed by atoms with van der Waals surface area (Å²) in [4.78, 5) is 19.4. The molecule has 116 valence electrons. The van der Waals surface area contributed by atoms with Gasteiger partial charge in [0.1, 0.15) is 17.8 Å². The third kappa shape index (κ3) is 4.44. The van der Waals surface area contributed by atoms with Crippen molar-refractivity contribution >= 4 is 5.91 Å². The molecule has 0 aliphatic heterocycles. The number of hydrogen-bond donors (Lipinski definition) is 1. The smallest absolute Gasteiger partial charge is 0.406 e. The molecule has 22 heavy (non-hydrogen) atoms. The number of amides is 1. The van der Waals surface area contributed by atoms with E-state index >= 15 is 0 Å². The number of ether oxygens (including phenoxy) is 1. The second-order valence-corrected chi connectivity index (χ2v) is 4.41. The van der Waals surface area contributed by atoms with Crippen LogP contribution in [0.4, 0.5) is 13.2 Å². The van der Waals surface area contributed by atoms with E-state index in [1.165, 1.54) is 42.9 Å². The first-order valence-electron chi connectivity index (χ1n) is 6.28. The number of carbonyl (C=O) groups is 1. The number of halogens is 3. The lowest BCUT2D eigenvalue weighted by atomic mass is 10.1. The summed E-state index contributed by atoms with van der Waals surface area (Å²) in [6.45, 7) is 1.71. The zero-order valence-electron chi connectivity index (χ0n) is 11.5. The standard InChI is InChI=1S/C14H12F3N3O2/c1-9(20-13(21)12-6-7-18-8-19-12)10-2-4-11(5-3-10)22-14(15,16)17/h2-9H,1H3,(H,20,21). The van der Waals surface area contributed by atoms with Crippen LogP contribution in [0.3, 0.4) is 0 Å². The molecular formula is C14H12F3N3O2. The molecule has 1 N–H and O–H groups in total. The van der Waals surface area contributed by atoms with Gasteiger partial charge >= 0.3 is 6.36 Å². The highest BCUT2D eigenvalue weighted by Gasteiger charge is 2.31. The Morgan fingerprint density at radius 3 is 2.45 bits per heavy atom. The first-order valence-corrected chi connectivity index (χ1v) is 6.28. The zero-order chi connectivity index (χ0) is 16.2. The second kappa shape index (κ2) is 6.42. The lowest BCUT2D eigenvalue weighted by molar-refractivity contribution is -0.274. The van der Waals surface area contributed by atoms with E-state index in [1.54, 1.807) is 6.92 Å². The highest BCUT2D eigenvalue weighted by atomic mass is 19.4. The number of benzene rings is 1.